The highest BCUT2D eigenvalue weighted by Gasteiger charge is 2.40. The third-order valence-corrected chi connectivity index (χ3v) is 4.64. The van der Waals surface area contributed by atoms with Crippen molar-refractivity contribution in [2.75, 3.05) is 10.2 Å². The van der Waals surface area contributed by atoms with Crippen molar-refractivity contribution in [1.82, 2.24) is 9.97 Å². The molecule has 4 heterocycles. The molecule has 9 nitrogen and oxygen atoms in total. The monoisotopic (exact) mass is 379 g/mol. The van der Waals surface area contributed by atoms with Gasteiger partial charge in [-0.3, -0.25) is 9.78 Å². The van der Waals surface area contributed by atoms with E-state index in [0.29, 0.717) is 11.5 Å². The number of rotatable bonds is 6. The molecule has 1 aliphatic heterocycles. The van der Waals surface area contributed by atoms with Crippen LogP contribution in [0.15, 0.2) is 59.8 Å². The van der Waals surface area contributed by atoms with Gasteiger partial charge in [0, 0.05) is 24.2 Å². The molecule has 0 aliphatic carbocycles. The molecule has 0 fully saturated rings. The van der Waals surface area contributed by atoms with Crippen LogP contribution in [0.5, 0.6) is 0 Å². The van der Waals surface area contributed by atoms with Gasteiger partial charge in [-0.1, -0.05) is 0 Å². The smallest absolute Gasteiger partial charge is 0.338 e. The molecular weight excluding hydrogens is 362 g/mol. The summed E-state index contributed by atoms with van der Waals surface area (Å²) in [6.07, 6.45) is 7.24. The molecule has 4 N–H and O–H groups in total. The van der Waals surface area contributed by atoms with E-state index in [1.54, 1.807) is 36.9 Å². The highest BCUT2D eigenvalue weighted by Crippen LogP contribution is 2.47. The topological polar surface area (TPSA) is 135 Å². The summed E-state index contributed by atoms with van der Waals surface area (Å²) in [5.41, 5.74) is 7.53. The van der Waals surface area contributed by atoms with Crippen LogP contribution < -0.4 is 16.0 Å². The van der Waals surface area contributed by atoms with Crippen molar-refractivity contribution in [3.05, 3.63) is 72.1 Å². The second kappa shape index (κ2) is 7.03. The molecule has 1 aliphatic rings. The van der Waals surface area contributed by atoms with Gasteiger partial charge in [0.2, 0.25) is 5.91 Å². The van der Waals surface area contributed by atoms with E-state index in [2.05, 4.69) is 15.3 Å². The van der Waals surface area contributed by atoms with Gasteiger partial charge in [-0.05, 0) is 29.8 Å². The van der Waals surface area contributed by atoms with E-state index in [1.807, 2.05) is 4.90 Å². The summed E-state index contributed by atoms with van der Waals surface area (Å²) < 4.78 is 5.21. The second-order valence-corrected chi connectivity index (χ2v) is 6.34. The number of pyridine rings is 2. The number of hydrogen-bond donors (Lipinski definition) is 3. The number of nitrogens with zero attached hydrogens (tertiary/aromatic N) is 3. The number of aromatic carboxylic acids is 1. The molecule has 2 unspecified atom stereocenters. The number of carbonyl (C=O) groups excluding carboxylic acids is 1. The normalized spacial score (nSPS) is 16.3. The molecule has 3 aromatic heterocycles. The number of fused-ring (bicyclic) bond motifs is 1. The first-order valence-electron chi connectivity index (χ1n) is 8.53. The first-order valence-corrected chi connectivity index (χ1v) is 8.53. The fourth-order valence-electron chi connectivity index (χ4n) is 3.48. The number of carbonyl (C=O) groups is 2. The fourth-order valence-corrected chi connectivity index (χ4v) is 3.48. The van der Waals surface area contributed by atoms with Crippen LogP contribution in [0.25, 0.3) is 0 Å². The van der Waals surface area contributed by atoms with Crippen LogP contribution in [0.4, 0.5) is 11.5 Å². The molecule has 9 heteroatoms. The summed E-state index contributed by atoms with van der Waals surface area (Å²) in [5, 5.41) is 12.9. The van der Waals surface area contributed by atoms with E-state index >= 15 is 0 Å². The minimum atomic E-state index is -1.09. The van der Waals surface area contributed by atoms with Crippen molar-refractivity contribution in [2.45, 2.75) is 18.6 Å². The summed E-state index contributed by atoms with van der Waals surface area (Å²) in [4.78, 5) is 33.9. The van der Waals surface area contributed by atoms with Crippen LogP contribution in [0, 0.1) is 0 Å². The molecule has 2 atom stereocenters. The van der Waals surface area contributed by atoms with Crippen molar-refractivity contribution in [1.29, 1.82) is 0 Å². The largest absolute Gasteiger partial charge is 0.478 e. The number of nitrogens with one attached hydrogen (secondary N) is 1. The van der Waals surface area contributed by atoms with Crippen LogP contribution in [-0.4, -0.2) is 27.0 Å². The first-order chi connectivity index (χ1) is 13.6. The van der Waals surface area contributed by atoms with Gasteiger partial charge >= 0.3 is 5.97 Å². The fraction of sp³-hybridized carbons (Fsp3) is 0.158. The van der Waals surface area contributed by atoms with E-state index in [1.165, 1.54) is 18.5 Å². The molecule has 0 spiro atoms. The molecule has 1 amide bonds. The molecule has 28 heavy (non-hydrogen) atoms. The predicted octanol–water partition coefficient (Wildman–Crippen LogP) is 2.32. The highest BCUT2D eigenvalue weighted by atomic mass is 16.4. The minimum absolute atomic E-state index is 0.0204. The number of anilines is 2. The zero-order chi connectivity index (χ0) is 19.7. The number of hydrogen-bond acceptors (Lipinski definition) is 7. The Morgan fingerprint density at radius 2 is 2.04 bits per heavy atom. The molecule has 4 rings (SSSR count). The first kappa shape index (κ1) is 17.5. The van der Waals surface area contributed by atoms with E-state index in [-0.39, 0.29) is 12.0 Å². The lowest BCUT2D eigenvalue weighted by Gasteiger charge is -2.34. The summed E-state index contributed by atoms with van der Waals surface area (Å²) in [6, 6.07) is 6.21. The van der Waals surface area contributed by atoms with Gasteiger partial charge in [0.1, 0.15) is 6.17 Å². The number of furan rings is 1. The minimum Gasteiger partial charge on any atom is -0.478 e. The van der Waals surface area contributed by atoms with Gasteiger partial charge < -0.3 is 25.5 Å². The van der Waals surface area contributed by atoms with Crippen molar-refractivity contribution in [2.24, 2.45) is 5.73 Å². The van der Waals surface area contributed by atoms with Crippen LogP contribution in [-0.2, 0) is 4.79 Å². The lowest BCUT2D eigenvalue weighted by atomic mass is 10.00. The maximum atomic E-state index is 11.9. The Balaban J connectivity index is 1.91. The summed E-state index contributed by atoms with van der Waals surface area (Å²) in [6.45, 7) is 0. The molecule has 142 valence electrons. The maximum absolute atomic E-state index is 11.9. The number of nitrogens with two attached hydrogens (primary N) is 1. The Hall–Kier alpha value is -3.88. The second-order valence-electron chi connectivity index (χ2n) is 6.34. The number of carboxylic acids is 1. The van der Waals surface area contributed by atoms with Crippen molar-refractivity contribution >= 4 is 23.4 Å². The molecule has 0 aromatic carbocycles. The standard InChI is InChI=1S/C19H17N5O4/c20-15(25)9-14(11-1-5-21-6-2-11)24-16-13(19(26)27)3-7-22-17(16)23-18(24)12-4-8-28-10-12/h1-8,10,14,18H,9H2,(H2,20,25)(H,22,23)(H,26,27). The van der Waals surface area contributed by atoms with E-state index < -0.39 is 24.1 Å². The van der Waals surface area contributed by atoms with Gasteiger partial charge in [0.15, 0.2) is 5.82 Å². The zero-order valence-electron chi connectivity index (χ0n) is 14.6. The van der Waals surface area contributed by atoms with Gasteiger partial charge in [-0.25, -0.2) is 9.78 Å². The summed E-state index contributed by atoms with van der Waals surface area (Å²) in [7, 11) is 0. The molecule has 0 bridgehead atoms. The van der Waals surface area contributed by atoms with Crippen molar-refractivity contribution < 1.29 is 19.1 Å². The van der Waals surface area contributed by atoms with Crippen LogP contribution in [0.1, 0.15) is 40.1 Å². The van der Waals surface area contributed by atoms with Gasteiger partial charge in [-0.2, -0.15) is 0 Å². The van der Waals surface area contributed by atoms with Crippen LogP contribution >= 0.6 is 0 Å². The van der Waals surface area contributed by atoms with E-state index in [9.17, 15) is 14.7 Å². The molecule has 3 aromatic rings. The Labute approximate surface area is 159 Å². The van der Waals surface area contributed by atoms with Crippen molar-refractivity contribution in [3.8, 4) is 0 Å². The van der Waals surface area contributed by atoms with Crippen LogP contribution in [0.2, 0.25) is 0 Å². The SMILES string of the molecule is NC(=O)CC(c1ccncc1)N1c2c(C(=O)O)ccnc2NC1c1ccoc1. The Bertz CT molecular complexity index is 1010. The van der Waals surface area contributed by atoms with Crippen molar-refractivity contribution in [3.63, 3.8) is 0 Å². The number of aromatic nitrogens is 2. The van der Waals surface area contributed by atoms with E-state index in [0.717, 1.165) is 11.1 Å². The molecule has 0 saturated heterocycles. The Kier molecular flexibility index (Phi) is 4.40. The summed E-state index contributed by atoms with van der Waals surface area (Å²) in [5.74, 6) is -1.19. The predicted molar refractivity (Wildman–Crippen MR) is 99.5 cm³/mol. The van der Waals surface area contributed by atoms with Gasteiger partial charge in [0.05, 0.1) is 36.2 Å². The average molecular weight is 379 g/mol. The summed E-state index contributed by atoms with van der Waals surface area (Å²) >= 11 is 0. The Morgan fingerprint density at radius 1 is 1.25 bits per heavy atom. The third-order valence-electron chi connectivity index (χ3n) is 4.64. The zero-order valence-corrected chi connectivity index (χ0v) is 14.6. The maximum Gasteiger partial charge on any atom is 0.338 e. The molecule has 0 saturated carbocycles. The van der Waals surface area contributed by atoms with Gasteiger partial charge in [-0.15, -0.1) is 0 Å². The highest BCUT2D eigenvalue weighted by molar-refractivity contribution is 5.99. The van der Waals surface area contributed by atoms with Crippen LogP contribution in [0.3, 0.4) is 0 Å². The lowest BCUT2D eigenvalue weighted by molar-refractivity contribution is -0.118. The van der Waals surface area contributed by atoms with Gasteiger partial charge in [0.25, 0.3) is 0 Å². The third kappa shape index (κ3) is 3.02. The Morgan fingerprint density at radius 3 is 2.68 bits per heavy atom. The number of primary amides is 1. The quantitative estimate of drug-likeness (QED) is 0.594. The number of carboxylic acid groups (broad SMARTS) is 1. The lowest BCUT2D eigenvalue weighted by Crippen LogP contribution is -2.35. The van der Waals surface area contributed by atoms with E-state index in [4.69, 9.17) is 10.2 Å². The molecular formula is C19H17N5O4. The average Bonchev–Trinajstić information content (AvgIpc) is 3.34. The number of amides is 1. The molecule has 0 radical (unpaired) electrons.